The maximum atomic E-state index is 13.6. The Labute approximate surface area is 157 Å². The van der Waals surface area contributed by atoms with Crippen molar-refractivity contribution in [3.8, 4) is 0 Å². The summed E-state index contributed by atoms with van der Waals surface area (Å²) in [4.78, 5) is 30.6. The number of halogens is 1. The third-order valence-corrected chi connectivity index (χ3v) is 5.07. The van der Waals surface area contributed by atoms with E-state index in [1.54, 1.807) is 24.8 Å². The number of carbonyl (C=O) groups excluding carboxylic acids is 2. The Morgan fingerprint density at radius 3 is 2.70 bits per heavy atom. The van der Waals surface area contributed by atoms with E-state index in [2.05, 4.69) is 15.4 Å². The van der Waals surface area contributed by atoms with Gasteiger partial charge in [-0.1, -0.05) is 12.1 Å². The van der Waals surface area contributed by atoms with E-state index < -0.39 is 6.04 Å². The maximum Gasteiger partial charge on any atom is 0.247 e. The average molecular weight is 373 g/mol. The molecule has 1 saturated heterocycles. The van der Waals surface area contributed by atoms with Crippen molar-refractivity contribution in [2.24, 2.45) is 5.92 Å². The summed E-state index contributed by atoms with van der Waals surface area (Å²) in [5.41, 5.74) is 1.32. The maximum absolute atomic E-state index is 13.6. The number of rotatable bonds is 5. The Morgan fingerprint density at radius 1 is 1.33 bits per heavy atom. The Bertz CT molecular complexity index is 800. The number of piperidine rings is 1. The van der Waals surface area contributed by atoms with Crippen LogP contribution in [0.4, 0.5) is 4.39 Å². The van der Waals surface area contributed by atoms with Gasteiger partial charge in [-0.15, -0.1) is 0 Å². The number of nitrogens with one attached hydrogen (secondary N) is 1. The first-order valence-electron chi connectivity index (χ1n) is 9.11. The van der Waals surface area contributed by atoms with E-state index in [9.17, 15) is 14.0 Å². The van der Waals surface area contributed by atoms with Crippen LogP contribution in [-0.4, -0.2) is 44.6 Å². The van der Waals surface area contributed by atoms with Crippen molar-refractivity contribution in [3.63, 3.8) is 0 Å². The zero-order chi connectivity index (χ0) is 19.4. The molecule has 1 aromatic heterocycles. The highest BCUT2D eigenvalue weighted by Gasteiger charge is 2.30. The molecule has 1 aliphatic rings. The minimum Gasteiger partial charge on any atom is -0.352 e. The lowest BCUT2D eigenvalue weighted by molar-refractivity contribution is -0.138. The molecule has 0 aliphatic carbocycles. The molecular formula is C19H24FN5O2. The van der Waals surface area contributed by atoms with Gasteiger partial charge in [0.25, 0.3) is 0 Å². The third-order valence-electron chi connectivity index (χ3n) is 5.07. The summed E-state index contributed by atoms with van der Waals surface area (Å²) in [5.74, 6) is -0.469. The van der Waals surface area contributed by atoms with Gasteiger partial charge in [-0.3, -0.25) is 9.59 Å². The molecule has 0 bridgehead atoms. The van der Waals surface area contributed by atoms with Crippen LogP contribution in [-0.2, 0) is 16.1 Å². The molecule has 1 aromatic carbocycles. The van der Waals surface area contributed by atoms with Crippen molar-refractivity contribution in [1.82, 2.24) is 25.0 Å². The molecule has 7 nitrogen and oxygen atoms in total. The summed E-state index contributed by atoms with van der Waals surface area (Å²) in [6, 6.07) is 4.56. The number of likely N-dealkylation sites (tertiary alicyclic amines) is 1. The molecule has 2 aromatic rings. The van der Waals surface area contributed by atoms with Gasteiger partial charge in [-0.25, -0.2) is 14.1 Å². The van der Waals surface area contributed by atoms with Crippen LogP contribution in [0.15, 0.2) is 30.9 Å². The first-order valence-corrected chi connectivity index (χ1v) is 9.11. The number of hydrogen-bond donors (Lipinski definition) is 1. The van der Waals surface area contributed by atoms with Crippen LogP contribution in [0.5, 0.6) is 0 Å². The predicted octanol–water partition coefficient (Wildman–Crippen LogP) is 1.84. The topological polar surface area (TPSA) is 80.1 Å². The first kappa shape index (κ1) is 19.0. The number of amides is 2. The fourth-order valence-electron chi connectivity index (χ4n) is 3.24. The zero-order valence-electron chi connectivity index (χ0n) is 15.6. The Morgan fingerprint density at radius 2 is 2.07 bits per heavy atom. The van der Waals surface area contributed by atoms with Crippen LogP contribution in [0, 0.1) is 18.7 Å². The molecule has 0 spiro atoms. The van der Waals surface area contributed by atoms with Gasteiger partial charge in [0.05, 0.1) is 0 Å². The number of benzene rings is 1. The highest BCUT2D eigenvalue weighted by molar-refractivity contribution is 5.81. The van der Waals surface area contributed by atoms with Crippen molar-refractivity contribution in [1.29, 1.82) is 0 Å². The Kier molecular flexibility index (Phi) is 5.83. The third kappa shape index (κ3) is 4.50. The summed E-state index contributed by atoms with van der Waals surface area (Å²) in [6.07, 6.45) is 4.16. The normalized spacial score (nSPS) is 16.2. The number of nitrogens with zero attached hydrogens (tertiary/aromatic N) is 4. The molecule has 1 atom stereocenters. The molecule has 1 N–H and O–H groups in total. The van der Waals surface area contributed by atoms with Crippen LogP contribution >= 0.6 is 0 Å². The minimum atomic E-state index is -0.408. The smallest absolute Gasteiger partial charge is 0.247 e. The fourth-order valence-corrected chi connectivity index (χ4v) is 3.24. The van der Waals surface area contributed by atoms with Gasteiger partial charge in [0, 0.05) is 25.6 Å². The van der Waals surface area contributed by atoms with Crippen LogP contribution in [0.25, 0.3) is 0 Å². The van der Waals surface area contributed by atoms with Gasteiger partial charge in [0.1, 0.15) is 24.5 Å². The van der Waals surface area contributed by atoms with E-state index in [4.69, 9.17) is 0 Å². The van der Waals surface area contributed by atoms with Gasteiger partial charge >= 0.3 is 0 Å². The number of hydrogen-bond acceptors (Lipinski definition) is 4. The lowest BCUT2D eigenvalue weighted by atomic mass is 9.95. The van der Waals surface area contributed by atoms with Crippen LogP contribution in [0.3, 0.4) is 0 Å². The van der Waals surface area contributed by atoms with Crippen LogP contribution in [0.1, 0.15) is 36.9 Å². The molecule has 3 rings (SSSR count). The van der Waals surface area contributed by atoms with E-state index >= 15 is 0 Å². The molecule has 0 saturated carbocycles. The zero-order valence-corrected chi connectivity index (χ0v) is 15.6. The molecule has 8 heteroatoms. The molecule has 144 valence electrons. The molecule has 2 amide bonds. The van der Waals surface area contributed by atoms with E-state index in [1.165, 1.54) is 23.4 Å². The largest absolute Gasteiger partial charge is 0.352 e. The average Bonchev–Trinajstić information content (AvgIpc) is 3.22. The van der Waals surface area contributed by atoms with Crippen molar-refractivity contribution >= 4 is 11.8 Å². The van der Waals surface area contributed by atoms with E-state index in [-0.39, 0.29) is 23.5 Å². The summed E-state index contributed by atoms with van der Waals surface area (Å²) < 4.78 is 15.1. The highest BCUT2D eigenvalue weighted by atomic mass is 19.1. The Hall–Kier alpha value is -2.77. The lowest BCUT2D eigenvalue weighted by Crippen LogP contribution is -2.45. The van der Waals surface area contributed by atoms with Crippen LogP contribution < -0.4 is 5.32 Å². The molecule has 0 radical (unpaired) electrons. The van der Waals surface area contributed by atoms with Gasteiger partial charge in [0.2, 0.25) is 11.8 Å². The molecule has 2 heterocycles. The molecule has 27 heavy (non-hydrogen) atoms. The lowest BCUT2D eigenvalue weighted by Gasteiger charge is -2.33. The van der Waals surface area contributed by atoms with Gasteiger partial charge in [-0.05, 0) is 43.9 Å². The molecule has 1 aliphatic heterocycles. The van der Waals surface area contributed by atoms with Crippen molar-refractivity contribution < 1.29 is 14.0 Å². The van der Waals surface area contributed by atoms with Crippen molar-refractivity contribution in [2.75, 3.05) is 13.1 Å². The Balaban J connectivity index is 1.47. The van der Waals surface area contributed by atoms with Crippen LogP contribution in [0.2, 0.25) is 0 Å². The second-order valence-electron chi connectivity index (χ2n) is 6.95. The summed E-state index contributed by atoms with van der Waals surface area (Å²) in [5, 5.41) is 6.88. The first-order chi connectivity index (χ1) is 13.0. The quantitative estimate of drug-likeness (QED) is 0.867. The van der Waals surface area contributed by atoms with E-state index in [0.717, 1.165) is 5.56 Å². The summed E-state index contributed by atoms with van der Waals surface area (Å²) in [6.45, 7) is 4.87. The SMILES string of the molecule is Cc1ccc(CNC(=O)C2CCN(C(=O)C(C)n3cncn3)CC2)cc1F. The second-order valence-corrected chi connectivity index (χ2v) is 6.95. The van der Waals surface area contributed by atoms with E-state index in [1.807, 2.05) is 6.07 Å². The fraction of sp³-hybridized carbons (Fsp3) is 0.474. The van der Waals surface area contributed by atoms with Crippen molar-refractivity contribution in [2.45, 2.75) is 39.3 Å². The number of carbonyl (C=O) groups is 2. The minimum absolute atomic E-state index is 0.0190. The summed E-state index contributed by atoms with van der Waals surface area (Å²) >= 11 is 0. The summed E-state index contributed by atoms with van der Waals surface area (Å²) in [7, 11) is 0. The predicted molar refractivity (Wildman–Crippen MR) is 97.0 cm³/mol. The molecular weight excluding hydrogens is 349 g/mol. The standard InChI is InChI=1S/C19H24FN5O2/c1-13-3-4-15(9-17(13)20)10-22-18(26)16-5-7-24(8-6-16)19(27)14(2)25-12-21-11-23-25/h3-4,9,11-12,14,16H,5-8,10H2,1-2H3,(H,22,26). The highest BCUT2D eigenvalue weighted by Crippen LogP contribution is 2.20. The van der Waals surface area contributed by atoms with E-state index in [0.29, 0.717) is 38.0 Å². The number of aryl methyl sites for hydroxylation is 1. The van der Waals surface area contributed by atoms with Gasteiger partial charge in [0.15, 0.2) is 0 Å². The van der Waals surface area contributed by atoms with Crippen molar-refractivity contribution in [3.05, 3.63) is 47.8 Å². The molecule has 1 fully saturated rings. The number of aromatic nitrogens is 3. The second kappa shape index (κ2) is 8.28. The monoisotopic (exact) mass is 373 g/mol. The van der Waals surface area contributed by atoms with Gasteiger partial charge < -0.3 is 10.2 Å². The molecule has 1 unspecified atom stereocenters. The van der Waals surface area contributed by atoms with Gasteiger partial charge in [-0.2, -0.15) is 5.10 Å².